The van der Waals surface area contributed by atoms with Crippen LogP contribution in [0.5, 0.6) is 0 Å². The third kappa shape index (κ3) is 5.41. The van der Waals surface area contributed by atoms with Crippen molar-refractivity contribution in [3.8, 4) is 0 Å². The lowest BCUT2D eigenvalue weighted by Gasteiger charge is -2.22. The number of esters is 1. The van der Waals surface area contributed by atoms with E-state index in [1.54, 1.807) is 0 Å². The second-order valence-electron chi connectivity index (χ2n) is 7.17. The number of rotatable bonds is 7. The van der Waals surface area contributed by atoms with E-state index in [4.69, 9.17) is 4.74 Å². The predicted octanol–water partition coefficient (Wildman–Crippen LogP) is 3.92. The molecule has 10 nitrogen and oxygen atoms in total. The van der Waals surface area contributed by atoms with Gasteiger partial charge in [-0.1, -0.05) is 12.8 Å². The molecule has 2 aromatic rings. The SMILES string of the molecule is O=C(COC(=O)c1ccc(N2CCCCCC2)c([N+](=O)[O-])c1)c1ccc([N+](=O)[O-])cc1. The Kier molecular flexibility index (Phi) is 6.91. The van der Waals surface area contributed by atoms with Crippen LogP contribution in [-0.4, -0.2) is 41.3 Å². The molecule has 1 saturated heterocycles. The number of non-ortho nitro benzene ring substituents is 1. The van der Waals surface area contributed by atoms with Gasteiger partial charge < -0.3 is 9.64 Å². The average molecular weight is 427 g/mol. The Hall–Kier alpha value is -3.82. The molecule has 10 heteroatoms. The van der Waals surface area contributed by atoms with E-state index in [0.29, 0.717) is 18.8 Å². The molecule has 162 valence electrons. The van der Waals surface area contributed by atoms with Gasteiger partial charge in [-0.15, -0.1) is 0 Å². The minimum absolute atomic E-state index is 0.0261. The summed E-state index contributed by atoms with van der Waals surface area (Å²) >= 11 is 0. The number of Topliss-reactive ketones (excluding diaryl/α,β-unsaturated/α-hetero) is 1. The summed E-state index contributed by atoms with van der Waals surface area (Å²) in [5.41, 5.74) is 0.247. The quantitative estimate of drug-likeness (QED) is 0.281. The molecule has 0 aliphatic carbocycles. The van der Waals surface area contributed by atoms with Gasteiger partial charge in [0, 0.05) is 36.9 Å². The maximum Gasteiger partial charge on any atom is 0.338 e. The van der Waals surface area contributed by atoms with Crippen LogP contribution < -0.4 is 4.90 Å². The normalized spacial score (nSPS) is 13.9. The average Bonchev–Trinajstić information content (AvgIpc) is 3.06. The fourth-order valence-electron chi connectivity index (χ4n) is 3.44. The lowest BCUT2D eigenvalue weighted by Crippen LogP contribution is -2.25. The van der Waals surface area contributed by atoms with Crippen LogP contribution in [0.4, 0.5) is 17.1 Å². The summed E-state index contributed by atoms with van der Waals surface area (Å²) in [5, 5.41) is 22.2. The predicted molar refractivity (Wildman–Crippen MR) is 111 cm³/mol. The van der Waals surface area contributed by atoms with E-state index in [1.807, 2.05) is 4.90 Å². The largest absolute Gasteiger partial charge is 0.454 e. The molecule has 0 bridgehead atoms. The fourth-order valence-corrected chi connectivity index (χ4v) is 3.44. The molecule has 0 atom stereocenters. The van der Waals surface area contributed by atoms with Crippen molar-refractivity contribution in [2.24, 2.45) is 0 Å². The maximum absolute atomic E-state index is 12.3. The second-order valence-corrected chi connectivity index (χ2v) is 7.17. The molecule has 1 aliphatic heterocycles. The molecule has 0 radical (unpaired) electrons. The summed E-state index contributed by atoms with van der Waals surface area (Å²) < 4.78 is 5.00. The van der Waals surface area contributed by atoms with E-state index in [-0.39, 0.29) is 22.5 Å². The van der Waals surface area contributed by atoms with Gasteiger partial charge in [-0.3, -0.25) is 25.0 Å². The first-order chi connectivity index (χ1) is 14.9. The van der Waals surface area contributed by atoms with Gasteiger partial charge in [-0.25, -0.2) is 4.79 Å². The Morgan fingerprint density at radius 1 is 0.871 bits per heavy atom. The van der Waals surface area contributed by atoms with E-state index in [9.17, 15) is 29.8 Å². The van der Waals surface area contributed by atoms with Crippen molar-refractivity contribution in [2.75, 3.05) is 24.6 Å². The highest BCUT2D eigenvalue weighted by molar-refractivity contribution is 5.99. The van der Waals surface area contributed by atoms with Gasteiger partial charge in [0.1, 0.15) is 5.69 Å². The standard InChI is InChI=1S/C21H21N3O7/c25-20(15-5-8-17(9-6-15)23(27)28)14-31-21(26)16-7-10-18(19(13-16)24(29)30)22-11-3-1-2-4-12-22/h5-10,13H,1-4,11-12,14H2. The molecule has 0 N–H and O–H groups in total. The number of ether oxygens (including phenoxy) is 1. The first-order valence-electron chi connectivity index (χ1n) is 9.85. The lowest BCUT2D eigenvalue weighted by molar-refractivity contribution is -0.384. The zero-order chi connectivity index (χ0) is 22.4. The summed E-state index contributed by atoms with van der Waals surface area (Å²) in [6.07, 6.45) is 4.06. The molecule has 1 heterocycles. The third-order valence-electron chi connectivity index (χ3n) is 5.09. The number of hydrogen-bond acceptors (Lipinski definition) is 8. The first-order valence-corrected chi connectivity index (χ1v) is 9.85. The zero-order valence-electron chi connectivity index (χ0n) is 16.7. The third-order valence-corrected chi connectivity index (χ3v) is 5.09. The summed E-state index contributed by atoms with van der Waals surface area (Å²) in [6.45, 7) is 0.848. The van der Waals surface area contributed by atoms with E-state index in [1.165, 1.54) is 42.5 Å². The number of ketones is 1. The molecule has 0 saturated carbocycles. The molecule has 1 fully saturated rings. The monoisotopic (exact) mass is 427 g/mol. The van der Waals surface area contributed by atoms with Crippen LogP contribution in [0.3, 0.4) is 0 Å². The highest BCUT2D eigenvalue weighted by Crippen LogP contribution is 2.31. The van der Waals surface area contributed by atoms with Crippen LogP contribution in [0.25, 0.3) is 0 Å². The Bertz CT molecular complexity index is 997. The Balaban J connectivity index is 1.69. The van der Waals surface area contributed by atoms with Gasteiger partial charge in [0.15, 0.2) is 12.4 Å². The maximum atomic E-state index is 12.3. The molecule has 0 amide bonds. The molecule has 3 rings (SSSR count). The minimum Gasteiger partial charge on any atom is -0.454 e. The van der Waals surface area contributed by atoms with Crippen molar-refractivity contribution in [1.29, 1.82) is 0 Å². The van der Waals surface area contributed by atoms with Gasteiger partial charge in [0.2, 0.25) is 0 Å². The minimum atomic E-state index is -0.860. The Morgan fingerprint density at radius 2 is 1.48 bits per heavy atom. The van der Waals surface area contributed by atoms with Crippen molar-refractivity contribution in [2.45, 2.75) is 25.7 Å². The number of hydrogen-bond donors (Lipinski definition) is 0. The van der Waals surface area contributed by atoms with Gasteiger partial charge in [0.25, 0.3) is 11.4 Å². The van der Waals surface area contributed by atoms with Crippen LogP contribution in [-0.2, 0) is 4.74 Å². The number of nitro groups is 2. The molecular weight excluding hydrogens is 406 g/mol. The summed E-state index contributed by atoms with van der Waals surface area (Å²) in [7, 11) is 0. The van der Waals surface area contributed by atoms with Crippen molar-refractivity contribution >= 4 is 28.8 Å². The van der Waals surface area contributed by atoms with Crippen molar-refractivity contribution in [3.05, 3.63) is 73.8 Å². The molecule has 0 unspecified atom stereocenters. The van der Waals surface area contributed by atoms with E-state index < -0.39 is 28.2 Å². The smallest absolute Gasteiger partial charge is 0.338 e. The molecule has 0 aromatic heterocycles. The summed E-state index contributed by atoms with van der Waals surface area (Å²) in [6, 6.07) is 9.06. The Labute approximate surface area is 177 Å². The van der Waals surface area contributed by atoms with Gasteiger partial charge in [-0.2, -0.15) is 0 Å². The van der Waals surface area contributed by atoms with Crippen LogP contribution in [0.2, 0.25) is 0 Å². The molecule has 1 aliphatic rings. The topological polar surface area (TPSA) is 133 Å². The molecule has 31 heavy (non-hydrogen) atoms. The van der Waals surface area contributed by atoms with Crippen LogP contribution >= 0.6 is 0 Å². The zero-order valence-corrected chi connectivity index (χ0v) is 16.7. The van der Waals surface area contributed by atoms with Crippen LogP contribution in [0.1, 0.15) is 46.4 Å². The van der Waals surface area contributed by atoms with E-state index >= 15 is 0 Å². The number of nitrogens with zero attached hydrogens (tertiary/aromatic N) is 3. The summed E-state index contributed by atoms with van der Waals surface area (Å²) in [5.74, 6) is -1.40. The number of benzene rings is 2. The highest BCUT2D eigenvalue weighted by atomic mass is 16.6. The van der Waals surface area contributed by atoms with E-state index in [0.717, 1.165) is 25.7 Å². The van der Waals surface area contributed by atoms with Crippen molar-refractivity contribution < 1.29 is 24.2 Å². The van der Waals surface area contributed by atoms with Crippen molar-refractivity contribution in [3.63, 3.8) is 0 Å². The molecular formula is C21H21N3O7. The van der Waals surface area contributed by atoms with E-state index in [2.05, 4.69) is 0 Å². The van der Waals surface area contributed by atoms with Crippen molar-refractivity contribution in [1.82, 2.24) is 0 Å². The molecule has 0 spiro atoms. The number of anilines is 1. The molecule has 2 aromatic carbocycles. The van der Waals surface area contributed by atoms with Crippen LogP contribution in [0, 0.1) is 20.2 Å². The highest BCUT2D eigenvalue weighted by Gasteiger charge is 2.23. The number of nitro benzene ring substituents is 2. The first kappa shape index (κ1) is 21.9. The lowest BCUT2D eigenvalue weighted by atomic mass is 10.1. The number of carbonyl (C=O) groups is 2. The van der Waals surface area contributed by atoms with Gasteiger partial charge in [-0.05, 0) is 37.1 Å². The summed E-state index contributed by atoms with van der Waals surface area (Å²) in [4.78, 5) is 47.6. The van der Waals surface area contributed by atoms with Crippen LogP contribution in [0.15, 0.2) is 42.5 Å². The van der Waals surface area contributed by atoms with Gasteiger partial charge >= 0.3 is 5.97 Å². The fraction of sp³-hybridized carbons (Fsp3) is 0.333. The van der Waals surface area contributed by atoms with Gasteiger partial charge in [0.05, 0.1) is 15.4 Å². The second kappa shape index (κ2) is 9.79. The number of carbonyl (C=O) groups excluding carboxylic acids is 2. The Morgan fingerprint density at radius 3 is 2.06 bits per heavy atom.